The van der Waals surface area contributed by atoms with E-state index in [2.05, 4.69) is 20.3 Å². The molecular formula is C25H30FN7O5S. The summed E-state index contributed by atoms with van der Waals surface area (Å²) in [6.07, 6.45) is 4.23. The lowest BCUT2D eigenvalue weighted by Crippen LogP contribution is -2.59. The molecule has 0 saturated heterocycles. The van der Waals surface area contributed by atoms with Gasteiger partial charge in [-0.25, -0.2) is 32.1 Å². The number of carbonyl (C=O) groups excluding carboxylic acids is 1. The van der Waals surface area contributed by atoms with Crippen LogP contribution in [-0.4, -0.2) is 72.0 Å². The number of aliphatic imine (C=N–C) groups is 1. The van der Waals surface area contributed by atoms with Crippen LogP contribution in [0.25, 0.3) is 0 Å². The Morgan fingerprint density at radius 1 is 1.31 bits per heavy atom. The van der Waals surface area contributed by atoms with Crippen LogP contribution in [-0.2, 0) is 22.1 Å². The molecule has 0 saturated carbocycles. The molecule has 1 amide bonds. The van der Waals surface area contributed by atoms with Gasteiger partial charge in [-0.2, -0.15) is 0 Å². The van der Waals surface area contributed by atoms with Crippen molar-refractivity contribution in [2.75, 3.05) is 32.6 Å². The van der Waals surface area contributed by atoms with Crippen molar-refractivity contribution in [3.05, 3.63) is 72.0 Å². The normalized spacial score (nSPS) is 20.5. The van der Waals surface area contributed by atoms with Gasteiger partial charge in [-0.1, -0.05) is 6.92 Å². The van der Waals surface area contributed by atoms with Gasteiger partial charge >= 0.3 is 0 Å². The van der Waals surface area contributed by atoms with Gasteiger partial charge in [0.1, 0.15) is 33.8 Å². The number of hydrogen-bond donors (Lipinski definition) is 2. The van der Waals surface area contributed by atoms with Crippen LogP contribution in [0.5, 0.6) is 5.75 Å². The maximum atomic E-state index is 15.4. The maximum absolute atomic E-state index is 15.4. The molecular weight excluding hydrogens is 529 g/mol. The lowest BCUT2D eigenvalue weighted by atomic mass is 9.87. The number of anilines is 1. The number of guanidine groups is 1. The number of nitrogens with one attached hydrogen (secondary N) is 1. The summed E-state index contributed by atoms with van der Waals surface area (Å²) in [4.78, 5) is 27.1. The molecule has 0 unspecified atom stereocenters. The Morgan fingerprint density at radius 3 is 2.69 bits per heavy atom. The topological polar surface area (TPSA) is 156 Å². The van der Waals surface area contributed by atoms with E-state index in [9.17, 15) is 13.2 Å². The van der Waals surface area contributed by atoms with Crippen molar-refractivity contribution in [2.24, 2.45) is 10.7 Å². The quantitative estimate of drug-likeness (QED) is 0.401. The molecule has 0 fully saturated rings. The maximum Gasteiger partial charge on any atom is 0.274 e. The molecule has 4 rings (SSSR count). The number of pyridine rings is 1. The van der Waals surface area contributed by atoms with E-state index in [1.54, 1.807) is 12.3 Å². The molecule has 0 bridgehead atoms. The molecule has 3 heterocycles. The highest BCUT2D eigenvalue weighted by Gasteiger charge is 2.52. The SMILES string of the molecule is CCN(Cc1cnco1)C[C@H]1[C@@](C)(c2cc(NC(=O)c3ccc(OC)cn3)ccc2F)N=C(N)N(C)S1(=O)=O. The number of nitrogens with zero attached hydrogens (tertiary/aromatic N) is 5. The Labute approximate surface area is 225 Å². The Morgan fingerprint density at radius 2 is 2.08 bits per heavy atom. The zero-order valence-corrected chi connectivity index (χ0v) is 22.8. The number of oxazole rings is 1. The van der Waals surface area contributed by atoms with Crippen LogP contribution in [0.3, 0.4) is 0 Å². The van der Waals surface area contributed by atoms with Gasteiger partial charge in [-0.05, 0) is 43.8 Å². The lowest BCUT2D eigenvalue weighted by Gasteiger charge is -2.43. The van der Waals surface area contributed by atoms with Gasteiger partial charge in [0.15, 0.2) is 6.39 Å². The third kappa shape index (κ3) is 5.56. The van der Waals surface area contributed by atoms with Crippen molar-refractivity contribution in [1.29, 1.82) is 0 Å². The van der Waals surface area contributed by atoms with E-state index in [-0.39, 0.29) is 36.0 Å². The van der Waals surface area contributed by atoms with Gasteiger partial charge in [0.25, 0.3) is 5.91 Å². The third-order valence-electron chi connectivity index (χ3n) is 6.75. The van der Waals surface area contributed by atoms with Gasteiger partial charge in [-0.3, -0.25) is 9.69 Å². The molecule has 0 radical (unpaired) electrons. The van der Waals surface area contributed by atoms with E-state index in [0.29, 0.717) is 18.1 Å². The van der Waals surface area contributed by atoms with Crippen LogP contribution in [0.1, 0.15) is 35.7 Å². The second-order valence-corrected chi connectivity index (χ2v) is 11.3. The monoisotopic (exact) mass is 559 g/mol. The third-order valence-corrected chi connectivity index (χ3v) is 9.02. The van der Waals surface area contributed by atoms with Crippen molar-refractivity contribution in [3.63, 3.8) is 0 Å². The van der Waals surface area contributed by atoms with Crippen molar-refractivity contribution < 1.29 is 26.8 Å². The number of ether oxygens (including phenoxy) is 1. The molecule has 3 aromatic rings. The van der Waals surface area contributed by atoms with Crippen molar-refractivity contribution >= 4 is 27.6 Å². The fourth-order valence-corrected chi connectivity index (χ4v) is 6.24. The number of nitrogens with two attached hydrogens (primary N) is 1. The minimum Gasteiger partial charge on any atom is -0.495 e. The number of aromatic nitrogens is 2. The van der Waals surface area contributed by atoms with E-state index < -0.39 is 32.5 Å². The number of methoxy groups -OCH3 is 1. The van der Waals surface area contributed by atoms with Crippen LogP contribution in [0.4, 0.5) is 10.1 Å². The Kier molecular flexibility index (Phi) is 7.88. The first kappa shape index (κ1) is 28.0. The molecule has 1 aliphatic heterocycles. The van der Waals surface area contributed by atoms with Crippen LogP contribution in [0.15, 0.2) is 58.5 Å². The standard InChI is InChI=1S/C25H30FN7O5S/c1-5-33(13-18-11-28-15-38-18)14-22-25(2,31-24(27)32(3)39(22,35)36)19-10-16(6-8-20(19)26)30-23(34)21-9-7-17(37-4)12-29-21/h6-12,15,22H,5,13-14H2,1-4H3,(H2,27,31)(H,30,34)/t22-,25+/m0/s1. The minimum absolute atomic E-state index is 0.0110. The number of benzene rings is 1. The molecule has 208 valence electrons. The van der Waals surface area contributed by atoms with Gasteiger partial charge < -0.3 is 20.2 Å². The number of rotatable bonds is 9. The van der Waals surface area contributed by atoms with Gasteiger partial charge in [0.2, 0.25) is 16.0 Å². The van der Waals surface area contributed by atoms with E-state index in [0.717, 1.165) is 10.4 Å². The highest BCUT2D eigenvalue weighted by Crippen LogP contribution is 2.40. The molecule has 2 aromatic heterocycles. The smallest absolute Gasteiger partial charge is 0.274 e. The second kappa shape index (κ2) is 11.0. The van der Waals surface area contributed by atoms with Crippen molar-refractivity contribution in [2.45, 2.75) is 31.2 Å². The zero-order chi connectivity index (χ0) is 28.4. The van der Waals surface area contributed by atoms with Crippen molar-refractivity contribution in [1.82, 2.24) is 19.2 Å². The van der Waals surface area contributed by atoms with Crippen LogP contribution in [0, 0.1) is 5.82 Å². The number of hydrogen-bond acceptors (Lipinski definition) is 10. The summed E-state index contributed by atoms with van der Waals surface area (Å²) >= 11 is 0. The fraction of sp³-hybridized carbons (Fsp3) is 0.360. The highest BCUT2D eigenvalue weighted by atomic mass is 32.2. The van der Waals surface area contributed by atoms with E-state index >= 15 is 4.39 Å². The summed E-state index contributed by atoms with van der Waals surface area (Å²) in [7, 11) is -1.29. The molecule has 39 heavy (non-hydrogen) atoms. The van der Waals surface area contributed by atoms with E-state index in [1.165, 1.54) is 51.9 Å². The average molecular weight is 560 g/mol. The molecule has 14 heteroatoms. The number of halogens is 1. The summed E-state index contributed by atoms with van der Waals surface area (Å²) in [5.41, 5.74) is 4.69. The average Bonchev–Trinajstić information content (AvgIpc) is 3.43. The van der Waals surface area contributed by atoms with Crippen LogP contribution < -0.4 is 15.8 Å². The second-order valence-electron chi connectivity index (χ2n) is 9.15. The van der Waals surface area contributed by atoms with E-state index in [1.807, 2.05) is 11.8 Å². The first-order valence-electron chi connectivity index (χ1n) is 12.0. The minimum atomic E-state index is -4.08. The summed E-state index contributed by atoms with van der Waals surface area (Å²) in [5.74, 6) is -0.481. The predicted molar refractivity (Wildman–Crippen MR) is 142 cm³/mol. The molecule has 0 aliphatic carbocycles. The number of amides is 1. The predicted octanol–water partition coefficient (Wildman–Crippen LogP) is 2.17. The van der Waals surface area contributed by atoms with Gasteiger partial charge in [0.05, 0.1) is 26.0 Å². The van der Waals surface area contributed by atoms with E-state index in [4.69, 9.17) is 14.9 Å². The highest BCUT2D eigenvalue weighted by molar-refractivity contribution is 7.90. The summed E-state index contributed by atoms with van der Waals surface area (Å²) in [5, 5.41) is 1.45. The first-order chi connectivity index (χ1) is 18.5. The molecule has 12 nitrogen and oxygen atoms in total. The summed E-state index contributed by atoms with van der Waals surface area (Å²) in [6, 6.07) is 6.96. The van der Waals surface area contributed by atoms with Gasteiger partial charge in [0, 0.05) is 24.8 Å². The Bertz CT molecular complexity index is 1460. The number of sulfonamides is 1. The van der Waals surface area contributed by atoms with Crippen LogP contribution >= 0.6 is 0 Å². The lowest BCUT2D eigenvalue weighted by molar-refractivity contribution is 0.102. The first-order valence-corrected chi connectivity index (χ1v) is 13.5. The molecule has 3 N–H and O–H groups in total. The van der Waals surface area contributed by atoms with Crippen LogP contribution in [0.2, 0.25) is 0 Å². The molecule has 0 spiro atoms. The largest absolute Gasteiger partial charge is 0.495 e. The van der Waals surface area contributed by atoms with Gasteiger partial charge in [-0.15, -0.1) is 0 Å². The molecule has 2 atom stereocenters. The Hall–Kier alpha value is -4.04. The molecule has 1 aliphatic rings. The summed E-state index contributed by atoms with van der Waals surface area (Å²) in [6.45, 7) is 4.14. The number of carbonyl (C=O) groups is 1. The zero-order valence-electron chi connectivity index (χ0n) is 22.0. The summed E-state index contributed by atoms with van der Waals surface area (Å²) < 4.78 is 54.1. The Balaban J connectivity index is 1.71. The molecule has 1 aromatic carbocycles. The fourth-order valence-electron chi connectivity index (χ4n) is 4.40. The van der Waals surface area contributed by atoms with Crippen molar-refractivity contribution in [3.8, 4) is 5.75 Å².